The number of hydrogen-bond donors (Lipinski definition) is 0. The minimum atomic E-state index is -0.0178. The third-order valence-corrected chi connectivity index (χ3v) is 3.90. The van der Waals surface area contributed by atoms with Crippen molar-refractivity contribution in [2.24, 2.45) is 5.92 Å². The summed E-state index contributed by atoms with van der Waals surface area (Å²) in [5.41, 5.74) is 0.539. The van der Waals surface area contributed by atoms with E-state index in [1.807, 2.05) is 4.90 Å². The first kappa shape index (κ1) is 14.8. The Bertz CT molecular complexity index is 553. The lowest BCUT2D eigenvalue weighted by molar-refractivity contribution is -0.133. The highest BCUT2D eigenvalue weighted by atomic mass is 79.9. The highest BCUT2D eigenvalue weighted by molar-refractivity contribution is 9.10. The molecule has 20 heavy (non-hydrogen) atoms. The van der Waals surface area contributed by atoms with Gasteiger partial charge >= 0.3 is 0 Å². The first-order chi connectivity index (χ1) is 9.52. The Labute approximate surface area is 127 Å². The third kappa shape index (κ3) is 3.10. The van der Waals surface area contributed by atoms with Crippen LogP contribution in [0.25, 0.3) is 0 Å². The minimum absolute atomic E-state index is 0.0178. The zero-order valence-corrected chi connectivity index (χ0v) is 13.2. The first-order valence-corrected chi connectivity index (χ1v) is 7.34. The zero-order valence-electron chi connectivity index (χ0n) is 11.6. The van der Waals surface area contributed by atoms with Crippen LogP contribution in [-0.4, -0.2) is 43.0 Å². The van der Waals surface area contributed by atoms with Gasteiger partial charge in [-0.2, -0.15) is 5.26 Å². The molecule has 0 bridgehead atoms. The SMILES string of the molecule is CN(C)C(=O)C1CCCN(c2ncc(Br)cc2C#N)C1. The van der Waals surface area contributed by atoms with E-state index in [0.717, 1.165) is 23.9 Å². The molecule has 0 spiro atoms. The quantitative estimate of drug-likeness (QED) is 0.828. The molecule has 1 amide bonds. The standard InChI is InChI=1S/C14H17BrN4O/c1-18(2)14(20)10-4-3-5-19(9-10)13-11(7-16)6-12(15)8-17-13/h6,8,10H,3-5,9H2,1-2H3. The fourth-order valence-electron chi connectivity index (χ4n) is 2.50. The molecular formula is C14H17BrN4O. The Morgan fingerprint density at radius 3 is 3.00 bits per heavy atom. The van der Waals surface area contributed by atoms with Gasteiger partial charge in [-0.25, -0.2) is 4.98 Å². The van der Waals surface area contributed by atoms with Gasteiger partial charge < -0.3 is 9.80 Å². The molecule has 0 aliphatic carbocycles. The first-order valence-electron chi connectivity index (χ1n) is 6.54. The summed E-state index contributed by atoms with van der Waals surface area (Å²) >= 11 is 3.32. The fraction of sp³-hybridized carbons (Fsp3) is 0.500. The van der Waals surface area contributed by atoms with Crippen LogP contribution in [0, 0.1) is 17.2 Å². The lowest BCUT2D eigenvalue weighted by Gasteiger charge is -2.34. The summed E-state index contributed by atoms with van der Waals surface area (Å²) in [5, 5.41) is 9.22. The number of carbonyl (C=O) groups excluding carboxylic acids is 1. The van der Waals surface area contributed by atoms with Crippen molar-refractivity contribution in [3.05, 3.63) is 22.3 Å². The number of amides is 1. The Morgan fingerprint density at radius 1 is 1.60 bits per heavy atom. The summed E-state index contributed by atoms with van der Waals surface area (Å²) in [7, 11) is 3.56. The van der Waals surface area contributed by atoms with Crippen LogP contribution in [0.3, 0.4) is 0 Å². The van der Waals surface area contributed by atoms with Crippen molar-refractivity contribution in [1.29, 1.82) is 5.26 Å². The number of aromatic nitrogens is 1. The van der Waals surface area contributed by atoms with Gasteiger partial charge in [0.05, 0.1) is 11.5 Å². The average molecular weight is 337 g/mol. The number of piperidine rings is 1. The van der Waals surface area contributed by atoms with Crippen LogP contribution in [0.15, 0.2) is 16.7 Å². The van der Waals surface area contributed by atoms with E-state index in [2.05, 4.69) is 27.0 Å². The number of anilines is 1. The normalized spacial score (nSPS) is 18.5. The van der Waals surface area contributed by atoms with E-state index in [4.69, 9.17) is 0 Å². The van der Waals surface area contributed by atoms with E-state index < -0.39 is 0 Å². The molecule has 0 aromatic carbocycles. The van der Waals surface area contributed by atoms with Crippen molar-refractivity contribution in [1.82, 2.24) is 9.88 Å². The van der Waals surface area contributed by atoms with Gasteiger partial charge in [-0.3, -0.25) is 4.79 Å². The van der Waals surface area contributed by atoms with Crippen molar-refractivity contribution in [2.75, 3.05) is 32.1 Å². The van der Waals surface area contributed by atoms with Crippen molar-refractivity contribution in [3.8, 4) is 6.07 Å². The monoisotopic (exact) mass is 336 g/mol. The molecule has 1 unspecified atom stereocenters. The summed E-state index contributed by atoms with van der Waals surface area (Å²) in [6.07, 6.45) is 3.52. The maximum atomic E-state index is 12.1. The summed E-state index contributed by atoms with van der Waals surface area (Å²) < 4.78 is 0.788. The van der Waals surface area contributed by atoms with Crippen LogP contribution in [0.2, 0.25) is 0 Å². The van der Waals surface area contributed by atoms with Crippen LogP contribution in [0.1, 0.15) is 18.4 Å². The van der Waals surface area contributed by atoms with Gasteiger partial charge in [-0.1, -0.05) is 0 Å². The summed E-state index contributed by atoms with van der Waals surface area (Å²) in [5.74, 6) is 0.799. The van der Waals surface area contributed by atoms with Crippen LogP contribution in [-0.2, 0) is 4.79 Å². The average Bonchev–Trinajstić information content (AvgIpc) is 2.46. The Morgan fingerprint density at radius 2 is 2.35 bits per heavy atom. The largest absolute Gasteiger partial charge is 0.355 e. The molecule has 6 heteroatoms. The van der Waals surface area contributed by atoms with Crippen LogP contribution >= 0.6 is 15.9 Å². The molecule has 1 saturated heterocycles. The predicted octanol–water partition coefficient (Wildman–Crippen LogP) is 2.02. The molecule has 1 aromatic rings. The van der Waals surface area contributed by atoms with Gasteiger partial charge in [0.15, 0.2) is 0 Å². The molecule has 2 rings (SSSR count). The molecule has 1 aliphatic heterocycles. The van der Waals surface area contributed by atoms with Gasteiger partial charge in [-0.15, -0.1) is 0 Å². The van der Waals surface area contributed by atoms with Crippen molar-refractivity contribution >= 4 is 27.7 Å². The van der Waals surface area contributed by atoms with Gasteiger partial charge in [0.1, 0.15) is 11.9 Å². The number of rotatable bonds is 2. The van der Waals surface area contributed by atoms with Gasteiger partial charge in [0, 0.05) is 37.9 Å². The third-order valence-electron chi connectivity index (χ3n) is 3.46. The van der Waals surface area contributed by atoms with Crippen molar-refractivity contribution in [2.45, 2.75) is 12.8 Å². The number of hydrogen-bond acceptors (Lipinski definition) is 4. The maximum absolute atomic E-state index is 12.1. The fourth-order valence-corrected chi connectivity index (χ4v) is 2.83. The van der Waals surface area contributed by atoms with E-state index in [-0.39, 0.29) is 11.8 Å². The predicted molar refractivity (Wildman–Crippen MR) is 80.3 cm³/mol. The van der Waals surface area contributed by atoms with Crippen molar-refractivity contribution in [3.63, 3.8) is 0 Å². The molecule has 2 heterocycles. The lowest BCUT2D eigenvalue weighted by atomic mass is 9.96. The van der Waals surface area contributed by atoms with Crippen LogP contribution < -0.4 is 4.90 Å². The second kappa shape index (κ2) is 6.23. The Hall–Kier alpha value is -1.61. The molecule has 1 aromatic heterocycles. The highest BCUT2D eigenvalue weighted by Gasteiger charge is 2.28. The molecule has 0 saturated carbocycles. The second-order valence-electron chi connectivity index (χ2n) is 5.15. The molecule has 106 valence electrons. The van der Waals surface area contributed by atoms with E-state index in [0.29, 0.717) is 17.9 Å². The minimum Gasteiger partial charge on any atom is -0.355 e. The maximum Gasteiger partial charge on any atom is 0.226 e. The van der Waals surface area contributed by atoms with Gasteiger partial charge in [-0.05, 0) is 34.8 Å². The molecule has 0 N–H and O–H groups in total. The number of nitrogens with zero attached hydrogens (tertiary/aromatic N) is 4. The zero-order chi connectivity index (χ0) is 14.7. The number of carbonyl (C=O) groups is 1. The van der Waals surface area contributed by atoms with Gasteiger partial charge in [0.2, 0.25) is 5.91 Å². The lowest BCUT2D eigenvalue weighted by Crippen LogP contribution is -2.43. The van der Waals surface area contributed by atoms with E-state index >= 15 is 0 Å². The Kier molecular flexibility index (Phi) is 4.61. The molecular weight excluding hydrogens is 320 g/mol. The van der Waals surface area contributed by atoms with Crippen molar-refractivity contribution < 1.29 is 4.79 Å². The van der Waals surface area contributed by atoms with Gasteiger partial charge in [0.25, 0.3) is 0 Å². The smallest absolute Gasteiger partial charge is 0.226 e. The molecule has 0 radical (unpaired) electrons. The summed E-state index contributed by atoms with van der Waals surface area (Å²) in [6.45, 7) is 1.46. The Balaban J connectivity index is 2.21. The second-order valence-corrected chi connectivity index (χ2v) is 6.07. The van der Waals surface area contributed by atoms with Crippen LogP contribution in [0.5, 0.6) is 0 Å². The topological polar surface area (TPSA) is 60.2 Å². The molecule has 1 fully saturated rings. The number of nitriles is 1. The van der Waals surface area contributed by atoms with E-state index in [1.54, 1.807) is 31.3 Å². The summed E-state index contributed by atoms with van der Waals surface area (Å²) in [4.78, 5) is 20.1. The van der Waals surface area contributed by atoms with Crippen LogP contribution in [0.4, 0.5) is 5.82 Å². The molecule has 5 nitrogen and oxygen atoms in total. The number of halogens is 1. The van der Waals surface area contributed by atoms with E-state index in [9.17, 15) is 10.1 Å². The molecule has 1 atom stereocenters. The summed E-state index contributed by atoms with van der Waals surface area (Å²) in [6, 6.07) is 3.93. The number of pyridine rings is 1. The molecule has 1 aliphatic rings. The van der Waals surface area contributed by atoms with E-state index in [1.165, 1.54) is 0 Å². The highest BCUT2D eigenvalue weighted by Crippen LogP contribution is 2.26.